The van der Waals surface area contributed by atoms with Gasteiger partial charge in [-0.15, -0.1) is 18.2 Å². The van der Waals surface area contributed by atoms with Gasteiger partial charge < -0.3 is 39.3 Å². The third-order valence-corrected chi connectivity index (χ3v) is 15.2. The minimum absolute atomic E-state index is 0.00447. The molecule has 2 aliphatic carbocycles. The molecule has 4 aromatic rings. The van der Waals surface area contributed by atoms with E-state index < -0.39 is 29.9 Å². The molecule has 1 aliphatic heterocycles. The maximum atomic E-state index is 14.9. The average molecular weight is 1030 g/mol. The van der Waals surface area contributed by atoms with E-state index >= 15 is 0 Å². The average Bonchev–Trinajstić information content (AvgIpc) is 3.42. The summed E-state index contributed by atoms with van der Waals surface area (Å²) in [7, 11) is 0. The normalized spacial score (nSPS) is 21.2. The molecular formula is C61H80ClN3O9. The van der Waals surface area contributed by atoms with Crippen molar-refractivity contribution in [3.05, 3.63) is 132 Å². The Balaban J connectivity index is 1.31. The summed E-state index contributed by atoms with van der Waals surface area (Å²) in [6, 6.07) is 28.7. The van der Waals surface area contributed by atoms with E-state index in [4.69, 9.17) is 40.5 Å². The van der Waals surface area contributed by atoms with Crippen LogP contribution in [0.1, 0.15) is 139 Å². The number of fused-ring (bicyclic) bond motifs is 3. The molecule has 2 amide bonds. The van der Waals surface area contributed by atoms with Gasteiger partial charge in [0.15, 0.2) is 0 Å². The van der Waals surface area contributed by atoms with Crippen LogP contribution in [0.25, 0.3) is 10.8 Å². The predicted octanol–water partition coefficient (Wildman–Crippen LogP) is 13.6. The fourth-order valence-corrected chi connectivity index (χ4v) is 11.6. The number of nitrogens with zero attached hydrogens (tertiary/aromatic N) is 2. The van der Waals surface area contributed by atoms with Gasteiger partial charge >= 0.3 is 12.2 Å². The Labute approximate surface area is 444 Å². The Morgan fingerprint density at radius 3 is 2.32 bits per heavy atom. The summed E-state index contributed by atoms with van der Waals surface area (Å²) in [4.78, 5) is 36.4. The molecule has 1 fully saturated rings. The van der Waals surface area contributed by atoms with Crippen LogP contribution in [0, 0.1) is 17.8 Å². The largest absolute Gasteiger partial charge is 0.459 e. The van der Waals surface area contributed by atoms with Gasteiger partial charge in [-0.3, -0.25) is 4.90 Å². The van der Waals surface area contributed by atoms with Gasteiger partial charge in [0.1, 0.15) is 30.8 Å². The van der Waals surface area contributed by atoms with E-state index in [-0.39, 0.29) is 69.6 Å². The number of allylic oxidation sites excluding steroid dienone is 1. The Morgan fingerprint density at radius 2 is 1.58 bits per heavy atom. The number of benzene rings is 4. The first kappa shape index (κ1) is 56.3. The van der Waals surface area contributed by atoms with Gasteiger partial charge in [-0.05, 0) is 89.6 Å². The Morgan fingerprint density at radius 1 is 0.865 bits per heavy atom. The molecule has 0 aromatic heterocycles. The Bertz CT molecular complexity index is 2440. The summed E-state index contributed by atoms with van der Waals surface area (Å²) < 4.78 is 26.7. The number of amides is 2. The van der Waals surface area contributed by atoms with Gasteiger partial charge in [-0.25, -0.2) is 9.59 Å². The van der Waals surface area contributed by atoms with Crippen molar-refractivity contribution in [3.63, 3.8) is 0 Å². The molecule has 3 N–H and O–H groups in total. The molecule has 12 nitrogen and oxygen atoms in total. The highest BCUT2D eigenvalue weighted by Crippen LogP contribution is 2.62. The number of carbonyl (C=O) groups excluding carboxylic acids is 2. The van der Waals surface area contributed by atoms with Gasteiger partial charge in [0.05, 0.1) is 30.7 Å². The summed E-state index contributed by atoms with van der Waals surface area (Å²) in [5, 5.41) is 30.1. The Kier molecular flexibility index (Phi) is 22.6. The number of halogens is 1. The zero-order chi connectivity index (χ0) is 52.0. The van der Waals surface area contributed by atoms with Crippen molar-refractivity contribution < 1.29 is 43.6 Å². The van der Waals surface area contributed by atoms with Crippen molar-refractivity contribution in [2.75, 3.05) is 38.9 Å². The first-order valence-electron chi connectivity index (χ1n) is 27.5. The van der Waals surface area contributed by atoms with E-state index in [2.05, 4.69) is 43.1 Å². The standard InChI is InChI=1S/C61H80ClN3O9/c1-3-5-6-7-8-9-10-11-12-20-35-63-59(68)73-49-32-33-55-53(41-49)57-51(31-19-22-37-67)47(27-18-21-36-66)40-52-54(64-72-44-45-24-14-13-15-25-45)42-56(61(74-55,58(52)57)71-38-4-2)65(60(69)70-39-34-62)43-48-29-23-28-46-26-16-17-30-50(46)48/h4,13-17,23-26,28-30,32-33,40-41,47,51,56-58,66-67H,2-3,5-12,18-22,27,31,34-39,42-44H2,1H3,(H,63,68). The van der Waals surface area contributed by atoms with Gasteiger partial charge in [-0.1, -0.05) is 168 Å². The lowest BCUT2D eigenvalue weighted by atomic mass is 9.55. The first-order chi connectivity index (χ1) is 36.3. The van der Waals surface area contributed by atoms with Crippen LogP contribution in [0.15, 0.2) is 120 Å². The smallest absolute Gasteiger partial charge is 0.412 e. The van der Waals surface area contributed by atoms with E-state index in [1.165, 1.54) is 44.9 Å². The van der Waals surface area contributed by atoms with Gasteiger partial charge in [0, 0.05) is 37.7 Å². The topological polar surface area (TPSA) is 148 Å². The second-order valence-corrected chi connectivity index (χ2v) is 20.5. The molecule has 0 bridgehead atoms. The van der Waals surface area contributed by atoms with E-state index in [9.17, 15) is 19.8 Å². The predicted molar refractivity (Wildman–Crippen MR) is 294 cm³/mol. The minimum atomic E-state index is -1.54. The van der Waals surface area contributed by atoms with Gasteiger partial charge in [0.2, 0.25) is 5.79 Å². The lowest BCUT2D eigenvalue weighted by Gasteiger charge is -2.59. The van der Waals surface area contributed by atoms with Crippen molar-refractivity contribution in [2.24, 2.45) is 22.9 Å². The van der Waals surface area contributed by atoms with Gasteiger partial charge in [-0.2, -0.15) is 0 Å². The van der Waals surface area contributed by atoms with E-state index in [1.807, 2.05) is 66.7 Å². The van der Waals surface area contributed by atoms with Crippen molar-refractivity contribution in [3.8, 4) is 11.5 Å². The van der Waals surface area contributed by atoms with Crippen molar-refractivity contribution in [1.82, 2.24) is 10.2 Å². The van der Waals surface area contributed by atoms with Crippen molar-refractivity contribution >= 4 is 40.3 Å². The molecule has 6 unspecified atom stereocenters. The van der Waals surface area contributed by atoms with Crippen molar-refractivity contribution in [2.45, 2.75) is 147 Å². The molecular weight excluding hydrogens is 954 g/mol. The molecule has 74 heavy (non-hydrogen) atoms. The molecule has 400 valence electrons. The molecule has 0 saturated heterocycles. The highest BCUT2D eigenvalue weighted by molar-refractivity contribution is 6.18. The van der Waals surface area contributed by atoms with E-state index in [1.54, 1.807) is 17.0 Å². The minimum Gasteiger partial charge on any atom is -0.459 e. The summed E-state index contributed by atoms with van der Waals surface area (Å²) in [6.07, 6.45) is 19.4. The molecule has 7 rings (SSSR count). The molecule has 1 saturated carbocycles. The summed E-state index contributed by atoms with van der Waals surface area (Å²) in [5.74, 6) is -1.47. The molecule has 1 heterocycles. The molecule has 13 heteroatoms. The van der Waals surface area contributed by atoms with Crippen LogP contribution in [-0.2, 0) is 27.5 Å². The number of aliphatic hydroxyl groups excluding tert-OH is 2. The van der Waals surface area contributed by atoms with Crippen LogP contribution in [0.5, 0.6) is 11.5 Å². The zero-order valence-electron chi connectivity index (χ0n) is 43.6. The summed E-state index contributed by atoms with van der Waals surface area (Å²) in [6.45, 7) is 7.42. The fourth-order valence-electron chi connectivity index (χ4n) is 11.5. The number of unbranched alkanes of at least 4 members (excludes halogenated alkanes) is 11. The maximum absolute atomic E-state index is 14.9. The van der Waals surface area contributed by atoms with Gasteiger partial charge in [0.25, 0.3) is 0 Å². The molecule has 4 aromatic carbocycles. The highest BCUT2D eigenvalue weighted by atomic mass is 35.5. The number of hydrogen-bond acceptors (Lipinski definition) is 10. The van der Waals surface area contributed by atoms with Crippen molar-refractivity contribution in [1.29, 1.82) is 0 Å². The second kappa shape index (κ2) is 29.6. The number of carbonyl (C=O) groups is 2. The highest BCUT2D eigenvalue weighted by Gasteiger charge is 2.66. The quantitative estimate of drug-likeness (QED) is 0.0194. The van der Waals surface area contributed by atoms with Crippen LogP contribution in [-0.4, -0.2) is 83.7 Å². The zero-order valence-corrected chi connectivity index (χ0v) is 44.4. The number of alkyl halides is 1. The van der Waals surface area contributed by atoms with Crippen LogP contribution in [0.3, 0.4) is 0 Å². The third-order valence-electron chi connectivity index (χ3n) is 15.0. The number of hydrogen-bond donors (Lipinski definition) is 3. The Hall–Kier alpha value is -5.40. The molecule has 0 spiro atoms. The van der Waals surface area contributed by atoms with Crippen LogP contribution < -0.4 is 14.8 Å². The number of rotatable bonds is 31. The van der Waals surface area contributed by atoms with Crippen LogP contribution >= 0.6 is 11.6 Å². The number of nitrogens with one attached hydrogen (secondary N) is 1. The van der Waals surface area contributed by atoms with E-state index in [0.29, 0.717) is 36.6 Å². The summed E-state index contributed by atoms with van der Waals surface area (Å²) >= 11 is 6.21. The fraction of sp³-hybridized carbons (Fsp3) is 0.525. The lowest BCUT2D eigenvalue weighted by Crippen LogP contribution is -2.70. The molecule has 6 atom stereocenters. The number of oxime groups is 1. The maximum Gasteiger partial charge on any atom is 0.412 e. The monoisotopic (exact) mass is 1030 g/mol. The molecule has 0 radical (unpaired) electrons. The third kappa shape index (κ3) is 14.7. The second-order valence-electron chi connectivity index (χ2n) is 20.1. The van der Waals surface area contributed by atoms with Crippen LogP contribution in [0.2, 0.25) is 0 Å². The first-order valence-corrected chi connectivity index (χ1v) is 28.0. The summed E-state index contributed by atoms with van der Waals surface area (Å²) in [5.41, 5.74) is 4.24. The van der Waals surface area contributed by atoms with Crippen LogP contribution in [0.4, 0.5) is 9.59 Å². The molecule has 3 aliphatic rings. The number of ether oxygens (including phenoxy) is 4. The SMILES string of the molecule is C=CCOC12Oc3ccc(OC(=O)NCCCCCCCCCCCC)cc3C3C(CCCCO)C(CCCCO)C=C(C(=NOCc4ccccc4)CC1N(Cc1cccc4ccccc14)C(=O)OCCCl)C32. The number of aliphatic hydroxyl groups is 2. The van der Waals surface area contributed by atoms with E-state index in [0.717, 1.165) is 78.0 Å². The lowest BCUT2D eigenvalue weighted by molar-refractivity contribution is -0.256.